The predicted molar refractivity (Wildman–Crippen MR) is 174 cm³/mol. The highest BCUT2D eigenvalue weighted by atomic mass is 35.5. The van der Waals surface area contributed by atoms with Crippen molar-refractivity contribution >= 4 is 44.9 Å². The summed E-state index contributed by atoms with van der Waals surface area (Å²) in [6.45, 7) is 14.1. The first-order valence-electron chi connectivity index (χ1n) is 14.7. The molecule has 228 valence electrons. The highest BCUT2D eigenvalue weighted by molar-refractivity contribution is 7.22. The van der Waals surface area contributed by atoms with E-state index in [1.165, 1.54) is 0 Å². The van der Waals surface area contributed by atoms with Crippen molar-refractivity contribution in [1.82, 2.24) is 24.7 Å². The van der Waals surface area contributed by atoms with E-state index in [4.69, 9.17) is 26.1 Å². The zero-order valence-corrected chi connectivity index (χ0v) is 27.3. The molecule has 2 aromatic carbocycles. The second-order valence-corrected chi connectivity index (χ2v) is 13.3. The van der Waals surface area contributed by atoms with Crippen molar-refractivity contribution in [3.05, 3.63) is 76.5 Å². The van der Waals surface area contributed by atoms with Crippen LogP contribution in [0.1, 0.15) is 56.6 Å². The fourth-order valence-corrected chi connectivity index (χ4v) is 6.84. The summed E-state index contributed by atoms with van der Waals surface area (Å²) in [6, 6.07) is 13.8. The van der Waals surface area contributed by atoms with Crippen molar-refractivity contribution in [2.24, 2.45) is 0 Å². The van der Waals surface area contributed by atoms with Crippen molar-refractivity contribution in [1.29, 1.82) is 0 Å². The van der Waals surface area contributed by atoms with Crippen LogP contribution in [0.3, 0.4) is 0 Å². The molecule has 0 aliphatic carbocycles. The van der Waals surface area contributed by atoms with Crippen LogP contribution >= 0.6 is 22.9 Å². The fourth-order valence-electron chi connectivity index (χ4n) is 5.60. The molecule has 5 aromatic rings. The van der Waals surface area contributed by atoms with Gasteiger partial charge in [-0.15, -0.1) is 21.5 Å². The second-order valence-electron chi connectivity index (χ2n) is 11.9. The molecular formula is C33H35ClN6O3S. The Hall–Kier alpha value is -3.86. The SMILES string of the molecule is CCOC(=O)[C@@H](OC(C)(C)C)c1c(C)cc2nc(-c3ccnc(N4CCn5c(C)nnc5C4)c3)sc2c1-c1ccc(Cl)cc1. The van der Waals surface area contributed by atoms with Crippen LogP contribution in [0.4, 0.5) is 5.82 Å². The van der Waals surface area contributed by atoms with Crippen LogP contribution in [0, 0.1) is 13.8 Å². The van der Waals surface area contributed by atoms with Crippen LogP contribution < -0.4 is 4.90 Å². The molecule has 11 heteroatoms. The second kappa shape index (κ2) is 11.9. The molecule has 0 unspecified atom stereocenters. The zero-order valence-electron chi connectivity index (χ0n) is 25.7. The van der Waals surface area contributed by atoms with E-state index in [0.717, 1.165) is 73.6 Å². The third kappa shape index (κ3) is 5.94. The number of nitrogens with zero attached hydrogens (tertiary/aromatic N) is 6. The summed E-state index contributed by atoms with van der Waals surface area (Å²) in [4.78, 5) is 25.4. The van der Waals surface area contributed by atoms with E-state index < -0.39 is 17.7 Å². The number of esters is 1. The van der Waals surface area contributed by atoms with E-state index >= 15 is 0 Å². The van der Waals surface area contributed by atoms with Gasteiger partial charge in [-0.05, 0) is 83.0 Å². The summed E-state index contributed by atoms with van der Waals surface area (Å²) < 4.78 is 15.0. The van der Waals surface area contributed by atoms with Gasteiger partial charge in [0, 0.05) is 41.0 Å². The van der Waals surface area contributed by atoms with Gasteiger partial charge >= 0.3 is 5.97 Å². The molecular weight excluding hydrogens is 596 g/mol. The number of rotatable bonds is 7. The molecule has 0 saturated heterocycles. The van der Waals surface area contributed by atoms with Gasteiger partial charge < -0.3 is 18.9 Å². The molecule has 4 heterocycles. The van der Waals surface area contributed by atoms with Crippen LogP contribution in [0.5, 0.6) is 0 Å². The third-order valence-corrected chi connectivity index (χ3v) is 8.94. The number of ether oxygens (including phenoxy) is 2. The van der Waals surface area contributed by atoms with Gasteiger partial charge in [0.25, 0.3) is 0 Å². The predicted octanol–water partition coefficient (Wildman–Crippen LogP) is 7.33. The lowest BCUT2D eigenvalue weighted by atomic mass is 9.91. The lowest BCUT2D eigenvalue weighted by Crippen LogP contribution is -2.34. The lowest BCUT2D eigenvalue weighted by molar-refractivity contribution is -0.166. The average Bonchev–Trinajstić information content (AvgIpc) is 3.58. The molecule has 44 heavy (non-hydrogen) atoms. The number of fused-ring (bicyclic) bond motifs is 2. The number of aryl methyl sites for hydroxylation is 2. The Labute approximate surface area is 265 Å². The smallest absolute Gasteiger partial charge is 0.339 e. The molecule has 0 bridgehead atoms. The molecule has 0 radical (unpaired) electrons. The Morgan fingerprint density at radius 3 is 2.57 bits per heavy atom. The number of thiazole rings is 1. The molecule has 1 atom stereocenters. The summed E-state index contributed by atoms with van der Waals surface area (Å²) in [5.74, 6) is 2.31. The Bertz CT molecular complexity index is 1840. The summed E-state index contributed by atoms with van der Waals surface area (Å²) >= 11 is 7.88. The van der Waals surface area contributed by atoms with Crippen LogP contribution in [0.15, 0.2) is 48.7 Å². The van der Waals surface area contributed by atoms with E-state index in [1.807, 2.05) is 77.2 Å². The molecule has 6 rings (SSSR count). The number of anilines is 1. The van der Waals surface area contributed by atoms with Gasteiger partial charge in [0.15, 0.2) is 11.9 Å². The fraction of sp³-hybridized carbons (Fsp3) is 0.364. The number of halogens is 1. The first kappa shape index (κ1) is 30.2. The van der Waals surface area contributed by atoms with E-state index in [2.05, 4.69) is 30.7 Å². The number of carbonyl (C=O) groups excluding carboxylic acids is 1. The summed E-state index contributed by atoms with van der Waals surface area (Å²) in [7, 11) is 0. The van der Waals surface area contributed by atoms with Gasteiger partial charge in [0.05, 0.1) is 29.0 Å². The standard InChI is InChI=1S/C33H35ClN6O3S/c1-7-42-32(41)29(43-33(4,5)6)27-19(2)16-24-30(28(27)21-8-10-23(34)11-9-21)44-31(36-24)22-12-13-35-25(17-22)39-14-15-40-20(3)37-38-26(40)18-39/h8-13,16-17,29H,7,14-15,18H2,1-6H3/t29-/m0/s1. The monoisotopic (exact) mass is 630 g/mol. The largest absolute Gasteiger partial charge is 0.464 e. The maximum Gasteiger partial charge on any atom is 0.339 e. The third-order valence-electron chi connectivity index (χ3n) is 7.55. The zero-order chi connectivity index (χ0) is 31.2. The summed E-state index contributed by atoms with van der Waals surface area (Å²) in [5.41, 5.74) is 4.69. The van der Waals surface area contributed by atoms with Gasteiger partial charge in [-0.3, -0.25) is 0 Å². The van der Waals surface area contributed by atoms with Gasteiger partial charge in [-0.2, -0.15) is 0 Å². The minimum atomic E-state index is -0.923. The van der Waals surface area contributed by atoms with Gasteiger partial charge in [0.2, 0.25) is 0 Å². The summed E-state index contributed by atoms with van der Waals surface area (Å²) in [6.07, 6.45) is 0.902. The van der Waals surface area contributed by atoms with Gasteiger partial charge in [-0.1, -0.05) is 23.7 Å². The lowest BCUT2D eigenvalue weighted by Gasteiger charge is -2.29. The molecule has 0 spiro atoms. The Morgan fingerprint density at radius 1 is 1.07 bits per heavy atom. The molecule has 9 nitrogen and oxygen atoms in total. The van der Waals surface area contributed by atoms with Crippen molar-refractivity contribution in [3.8, 4) is 21.7 Å². The first-order chi connectivity index (χ1) is 21.0. The molecule has 1 aliphatic heterocycles. The molecule has 1 aliphatic rings. The average molecular weight is 631 g/mol. The number of carbonyl (C=O) groups is 1. The van der Waals surface area contributed by atoms with Crippen molar-refractivity contribution in [2.75, 3.05) is 18.1 Å². The van der Waals surface area contributed by atoms with Crippen LogP contribution in [0.2, 0.25) is 5.02 Å². The van der Waals surface area contributed by atoms with Crippen LogP contribution in [-0.2, 0) is 27.4 Å². The Kier molecular flexibility index (Phi) is 8.17. The number of benzene rings is 2. The van der Waals surface area contributed by atoms with E-state index in [1.54, 1.807) is 18.3 Å². The quantitative estimate of drug-likeness (QED) is 0.173. The van der Waals surface area contributed by atoms with E-state index in [0.29, 0.717) is 11.6 Å². The minimum absolute atomic E-state index is 0.254. The molecule has 3 aromatic heterocycles. The van der Waals surface area contributed by atoms with Crippen LogP contribution in [0.25, 0.3) is 31.9 Å². The maximum atomic E-state index is 13.4. The summed E-state index contributed by atoms with van der Waals surface area (Å²) in [5, 5.41) is 10.1. The van der Waals surface area contributed by atoms with Crippen molar-refractivity contribution in [2.45, 2.75) is 66.3 Å². The van der Waals surface area contributed by atoms with Crippen molar-refractivity contribution in [3.63, 3.8) is 0 Å². The first-order valence-corrected chi connectivity index (χ1v) is 15.9. The number of hydrogen-bond acceptors (Lipinski definition) is 9. The van der Waals surface area contributed by atoms with Crippen LogP contribution in [-0.4, -0.2) is 49.5 Å². The molecule has 0 N–H and O–H groups in total. The Morgan fingerprint density at radius 2 is 1.84 bits per heavy atom. The van der Waals surface area contributed by atoms with E-state index in [9.17, 15) is 4.79 Å². The Balaban J connectivity index is 1.48. The van der Waals surface area contributed by atoms with E-state index in [-0.39, 0.29) is 6.61 Å². The molecule has 0 fully saturated rings. The maximum absolute atomic E-state index is 13.4. The van der Waals surface area contributed by atoms with Gasteiger partial charge in [-0.25, -0.2) is 14.8 Å². The van der Waals surface area contributed by atoms with Crippen molar-refractivity contribution < 1.29 is 14.3 Å². The highest BCUT2D eigenvalue weighted by Crippen LogP contribution is 2.45. The minimum Gasteiger partial charge on any atom is -0.464 e. The number of pyridine rings is 1. The number of hydrogen-bond donors (Lipinski definition) is 0. The topological polar surface area (TPSA) is 95.3 Å². The normalized spacial score (nSPS) is 14.1. The van der Waals surface area contributed by atoms with Gasteiger partial charge in [0.1, 0.15) is 16.6 Å². The highest BCUT2D eigenvalue weighted by Gasteiger charge is 2.33. The number of aromatic nitrogens is 5. The molecule has 0 saturated carbocycles. The molecule has 0 amide bonds.